The smallest absolute Gasteiger partial charge is 0.344 e. The fourth-order valence-corrected chi connectivity index (χ4v) is 4.33. The molecule has 25 heavy (non-hydrogen) atoms. The molecule has 1 aliphatic carbocycles. The summed E-state index contributed by atoms with van der Waals surface area (Å²) in [5.41, 5.74) is -0.238. The molecule has 0 radical (unpaired) electrons. The van der Waals surface area contributed by atoms with Crippen LogP contribution in [0.15, 0.2) is 9.95 Å². The van der Waals surface area contributed by atoms with Gasteiger partial charge in [-0.1, -0.05) is 43.9 Å². The van der Waals surface area contributed by atoms with E-state index in [9.17, 15) is 9.59 Å². The van der Waals surface area contributed by atoms with E-state index in [0.717, 1.165) is 32.3 Å². The third-order valence-electron chi connectivity index (χ3n) is 4.94. The first-order valence-corrected chi connectivity index (χ1v) is 10.4. The van der Waals surface area contributed by atoms with E-state index in [2.05, 4.69) is 15.5 Å². The monoisotopic (exact) mass is 368 g/mol. The van der Waals surface area contributed by atoms with Crippen molar-refractivity contribution >= 4 is 17.7 Å². The third-order valence-corrected chi connectivity index (χ3v) is 5.91. The van der Waals surface area contributed by atoms with Crippen molar-refractivity contribution in [2.45, 2.75) is 81.6 Å². The summed E-state index contributed by atoms with van der Waals surface area (Å²) >= 11 is 1.31. The number of carbonyl (C=O) groups excluding carboxylic acids is 1. The first kappa shape index (κ1) is 18.5. The zero-order chi connectivity index (χ0) is 17.5. The summed E-state index contributed by atoms with van der Waals surface area (Å²) in [6, 6.07) is 0.293. The number of aromatic amines is 1. The predicted octanol–water partition coefficient (Wildman–Crippen LogP) is 2.07. The Kier molecular flexibility index (Phi) is 6.98. The normalized spacial score (nSPS) is 22.5. The zero-order valence-electron chi connectivity index (χ0n) is 14.7. The second-order valence-electron chi connectivity index (χ2n) is 6.96. The van der Waals surface area contributed by atoms with Gasteiger partial charge in [-0.05, 0) is 25.7 Å². The molecule has 7 nitrogen and oxygen atoms in total. The van der Waals surface area contributed by atoms with Gasteiger partial charge in [0.15, 0.2) is 5.16 Å². The van der Waals surface area contributed by atoms with E-state index in [0.29, 0.717) is 17.7 Å². The minimum absolute atomic E-state index is 0.0229. The maximum atomic E-state index is 12.3. The Bertz CT molecular complexity index is 601. The van der Waals surface area contributed by atoms with Gasteiger partial charge >= 0.3 is 5.69 Å². The SMILES string of the molecule is O=C(CSc1n[nH]c(=O)n1CC1CCCO1)NC1CCCCCCC1. The van der Waals surface area contributed by atoms with Gasteiger partial charge in [-0.15, -0.1) is 5.10 Å². The van der Waals surface area contributed by atoms with Crippen LogP contribution in [-0.4, -0.2) is 45.2 Å². The number of thioether (sulfide) groups is 1. The first-order valence-electron chi connectivity index (χ1n) is 9.41. The Balaban J connectivity index is 1.49. The second kappa shape index (κ2) is 9.43. The summed E-state index contributed by atoms with van der Waals surface area (Å²) in [6.07, 6.45) is 10.4. The molecule has 3 rings (SSSR count). The molecule has 8 heteroatoms. The number of aromatic nitrogens is 3. The van der Waals surface area contributed by atoms with Gasteiger partial charge in [0.1, 0.15) is 0 Å². The lowest BCUT2D eigenvalue weighted by Gasteiger charge is -2.20. The molecule has 2 N–H and O–H groups in total. The van der Waals surface area contributed by atoms with Gasteiger partial charge in [0, 0.05) is 12.6 Å². The molecule has 1 aromatic rings. The van der Waals surface area contributed by atoms with Crippen molar-refractivity contribution < 1.29 is 9.53 Å². The molecular formula is C17H28N4O3S. The summed E-state index contributed by atoms with van der Waals surface area (Å²) in [6.45, 7) is 1.26. The average Bonchev–Trinajstić information content (AvgIpc) is 3.20. The van der Waals surface area contributed by atoms with E-state index < -0.39 is 0 Å². The number of hydrogen-bond donors (Lipinski definition) is 2. The van der Waals surface area contributed by atoms with Gasteiger partial charge in [0.2, 0.25) is 5.91 Å². The van der Waals surface area contributed by atoms with E-state index in [1.165, 1.54) is 43.9 Å². The van der Waals surface area contributed by atoms with Gasteiger partial charge < -0.3 is 10.1 Å². The number of carbonyl (C=O) groups is 1. The highest BCUT2D eigenvalue weighted by Crippen LogP contribution is 2.19. The number of nitrogens with one attached hydrogen (secondary N) is 2. The Morgan fingerprint density at radius 2 is 1.96 bits per heavy atom. The second-order valence-corrected chi connectivity index (χ2v) is 7.90. The summed E-state index contributed by atoms with van der Waals surface area (Å²) in [4.78, 5) is 24.2. The molecular weight excluding hydrogens is 340 g/mol. The Hall–Kier alpha value is -1.28. The Labute approximate surface area is 152 Å². The molecule has 140 valence electrons. The van der Waals surface area contributed by atoms with Crippen molar-refractivity contribution in [3.63, 3.8) is 0 Å². The minimum atomic E-state index is -0.238. The van der Waals surface area contributed by atoms with Crippen LogP contribution in [0.2, 0.25) is 0 Å². The van der Waals surface area contributed by atoms with Crippen molar-refractivity contribution in [2.75, 3.05) is 12.4 Å². The van der Waals surface area contributed by atoms with Crippen LogP contribution in [0.5, 0.6) is 0 Å². The standard InChI is InChI=1S/C17H28N4O3S/c22-15(18-13-7-4-2-1-3-5-8-13)12-25-17-20-19-16(23)21(17)11-14-9-6-10-24-14/h13-14H,1-12H2,(H,18,22)(H,19,23). The van der Waals surface area contributed by atoms with Gasteiger partial charge in [0.05, 0.1) is 18.4 Å². The number of ether oxygens (including phenoxy) is 1. The molecule has 1 aromatic heterocycles. The molecule has 1 saturated heterocycles. The van der Waals surface area contributed by atoms with E-state index in [1.807, 2.05) is 0 Å². The highest BCUT2D eigenvalue weighted by atomic mass is 32.2. The molecule has 1 unspecified atom stereocenters. The molecule has 2 fully saturated rings. The molecule has 1 atom stereocenters. The maximum absolute atomic E-state index is 12.3. The molecule has 1 saturated carbocycles. The molecule has 2 heterocycles. The van der Waals surface area contributed by atoms with Crippen LogP contribution < -0.4 is 11.0 Å². The molecule has 0 spiro atoms. The number of rotatable bonds is 6. The first-order chi connectivity index (χ1) is 12.2. The summed E-state index contributed by atoms with van der Waals surface area (Å²) in [5, 5.41) is 10.2. The van der Waals surface area contributed by atoms with E-state index in [1.54, 1.807) is 4.57 Å². The highest BCUT2D eigenvalue weighted by Gasteiger charge is 2.20. The topological polar surface area (TPSA) is 89.0 Å². The third kappa shape index (κ3) is 5.60. The Morgan fingerprint density at radius 3 is 2.68 bits per heavy atom. The largest absolute Gasteiger partial charge is 0.376 e. The van der Waals surface area contributed by atoms with Crippen molar-refractivity contribution in [1.82, 2.24) is 20.1 Å². The lowest BCUT2D eigenvalue weighted by molar-refractivity contribution is -0.119. The fourth-order valence-electron chi connectivity index (χ4n) is 3.57. The maximum Gasteiger partial charge on any atom is 0.344 e. The van der Waals surface area contributed by atoms with Crippen LogP contribution >= 0.6 is 11.8 Å². The van der Waals surface area contributed by atoms with Crippen LogP contribution in [0.4, 0.5) is 0 Å². The Morgan fingerprint density at radius 1 is 1.20 bits per heavy atom. The van der Waals surface area contributed by atoms with Crippen molar-refractivity contribution in [3.05, 3.63) is 10.5 Å². The number of nitrogens with zero attached hydrogens (tertiary/aromatic N) is 2. The van der Waals surface area contributed by atoms with E-state index >= 15 is 0 Å². The van der Waals surface area contributed by atoms with Crippen LogP contribution in [0.1, 0.15) is 57.8 Å². The van der Waals surface area contributed by atoms with Gasteiger partial charge in [-0.3, -0.25) is 9.36 Å². The molecule has 1 aliphatic heterocycles. The zero-order valence-corrected chi connectivity index (χ0v) is 15.5. The van der Waals surface area contributed by atoms with Crippen molar-refractivity contribution in [3.8, 4) is 0 Å². The molecule has 1 amide bonds. The average molecular weight is 369 g/mol. The van der Waals surface area contributed by atoms with Crippen molar-refractivity contribution in [2.24, 2.45) is 0 Å². The number of H-pyrrole nitrogens is 1. The molecule has 0 aromatic carbocycles. The quantitative estimate of drug-likeness (QED) is 0.751. The predicted molar refractivity (Wildman–Crippen MR) is 96.8 cm³/mol. The lowest BCUT2D eigenvalue weighted by Crippen LogP contribution is -2.36. The van der Waals surface area contributed by atoms with Crippen LogP contribution in [0.3, 0.4) is 0 Å². The van der Waals surface area contributed by atoms with Crippen LogP contribution in [0, 0.1) is 0 Å². The number of hydrogen-bond acceptors (Lipinski definition) is 5. The van der Waals surface area contributed by atoms with Gasteiger partial charge in [0.25, 0.3) is 0 Å². The van der Waals surface area contributed by atoms with Crippen LogP contribution in [-0.2, 0) is 16.1 Å². The summed E-state index contributed by atoms with van der Waals surface area (Å²) < 4.78 is 7.18. The van der Waals surface area contributed by atoms with Gasteiger partial charge in [-0.25, -0.2) is 9.89 Å². The molecule has 2 aliphatic rings. The summed E-state index contributed by atoms with van der Waals surface area (Å²) in [7, 11) is 0. The minimum Gasteiger partial charge on any atom is -0.376 e. The van der Waals surface area contributed by atoms with E-state index in [-0.39, 0.29) is 23.5 Å². The highest BCUT2D eigenvalue weighted by molar-refractivity contribution is 7.99. The molecule has 0 bridgehead atoms. The van der Waals surface area contributed by atoms with Crippen LogP contribution in [0.25, 0.3) is 0 Å². The van der Waals surface area contributed by atoms with Gasteiger partial charge in [-0.2, -0.15) is 0 Å². The number of amides is 1. The van der Waals surface area contributed by atoms with Crippen molar-refractivity contribution in [1.29, 1.82) is 0 Å². The van der Waals surface area contributed by atoms with E-state index in [4.69, 9.17) is 4.74 Å². The fraction of sp³-hybridized carbons (Fsp3) is 0.824. The lowest BCUT2D eigenvalue weighted by atomic mass is 9.97. The summed E-state index contributed by atoms with van der Waals surface area (Å²) in [5.74, 6) is 0.307.